The molecule has 6 N–H and O–H groups in total. The normalized spacial score (nSPS) is 10.5. The van der Waals surface area contributed by atoms with E-state index in [0.29, 0.717) is 11.4 Å². The Morgan fingerprint density at radius 1 is 0.692 bits per heavy atom. The number of benzene rings is 2. The number of nitrogen functional groups attached to an aromatic ring is 3. The van der Waals surface area contributed by atoms with Gasteiger partial charge in [0.2, 0.25) is 0 Å². The van der Waals surface area contributed by atoms with E-state index in [1.54, 1.807) is 6.07 Å². The molecule has 0 spiro atoms. The standard InChI is InChI=1S/C10H11N3/c11-8-3-1-2-7-6(8)4-5-9(12)10(7)13/h1-5H,11-13H2. The molecule has 2 rings (SSSR count). The molecule has 0 amide bonds. The van der Waals surface area contributed by atoms with Crippen LogP contribution >= 0.6 is 0 Å². The Hall–Kier alpha value is -1.90. The second kappa shape index (κ2) is 2.55. The molecular weight excluding hydrogens is 162 g/mol. The van der Waals surface area contributed by atoms with E-state index in [4.69, 9.17) is 17.2 Å². The van der Waals surface area contributed by atoms with E-state index in [1.165, 1.54) is 0 Å². The minimum Gasteiger partial charge on any atom is -0.398 e. The molecule has 0 saturated heterocycles. The summed E-state index contributed by atoms with van der Waals surface area (Å²) in [6, 6.07) is 9.28. The summed E-state index contributed by atoms with van der Waals surface area (Å²) in [5.74, 6) is 0. The van der Waals surface area contributed by atoms with Gasteiger partial charge in [0.1, 0.15) is 0 Å². The third-order valence-corrected chi connectivity index (χ3v) is 2.17. The van der Waals surface area contributed by atoms with Crippen molar-refractivity contribution in [3.05, 3.63) is 30.3 Å². The molecule has 0 bridgehead atoms. The molecule has 66 valence electrons. The predicted molar refractivity (Wildman–Crippen MR) is 57.2 cm³/mol. The SMILES string of the molecule is Nc1ccc2c(N)cccc2c1N. The topological polar surface area (TPSA) is 78.1 Å². The second-order valence-electron chi connectivity index (χ2n) is 3.01. The third-order valence-electron chi connectivity index (χ3n) is 2.17. The fourth-order valence-corrected chi connectivity index (χ4v) is 1.42. The van der Waals surface area contributed by atoms with Crippen molar-refractivity contribution in [1.29, 1.82) is 0 Å². The highest BCUT2D eigenvalue weighted by atomic mass is 14.7. The summed E-state index contributed by atoms with van der Waals surface area (Å²) >= 11 is 0. The van der Waals surface area contributed by atoms with Crippen molar-refractivity contribution >= 4 is 27.8 Å². The van der Waals surface area contributed by atoms with Crippen molar-refractivity contribution in [2.24, 2.45) is 0 Å². The first kappa shape index (κ1) is 7.73. The second-order valence-corrected chi connectivity index (χ2v) is 3.01. The molecule has 0 aliphatic heterocycles. The maximum Gasteiger partial charge on any atom is 0.0628 e. The molecule has 0 aliphatic carbocycles. The van der Waals surface area contributed by atoms with Crippen LogP contribution in [0.4, 0.5) is 17.1 Å². The number of hydrogen-bond acceptors (Lipinski definition) is 3. The average molecular weight is 173 g/mol. The lowest BCUT2D eigenvalue weighted by atomic mass is 10.1. The third kappa shape index (κ3) is 1.05. The Labute approximate surface area is 76.1 Å². The maximum absolute atomic E-state index is 5.81. The van der Waals surface area contributed by atoms with Crippen LogP contribution in [-0.2, 0) is 0 Å². The van der Waals surface area contributed by atoms with E-state index in [1.807, 2.05) is 24.3 Å². The average Bonchev–Trinajstić information content (AvgIpc) is 2.12. The van der Waals surface area contributed by atoms with Gasteiger partial charge < -0.3 is 17.2 Å². The van der Waals surface area contributed by atoms with Crippen molar-refractivity contribution < 1.29 is 0 Å². The van der Waals surface area contributed by atoms with Crippen LogP contribution < -0.4 is 17.2 Å². The van der Waals surface area contributed by atoms with Gasteiger partial charge in [-0.15, -0.1) is 0 Å². The van der Waals surface area contributed by atoms with Gasteiger partial charge in [0.05, 0.1) is 11.4 Å². The van der Waals surface area contributed by atoms with Crippen molar-refractivity contribution in [2.75, 3.05) is 17.2 Å². The largest absolute Gasteiger partial charge is 0.398 e. The van der Waals surface area contributed by atoms with E-state index in [2.05, 4.69) is 0 Å². The molecule has 0 radical (unpaired) electrons. The Morgan fingerprint density at radius 2 is 1.46 bits per heavy atom. The van der Waals surface area contributed by atoms with Crippen molar-refractivity contribution in [2.45, 2.75) is 0 Å². The van der Waals surface area contributed by atoms with Crippen LogP contribution in [0.25, 0.3) is 10.8 Å². The molecule has 2 aromatic rings. The van der Waals surface area contributed by atoms with Gasteiger partial charge in [0.15, 0.2) is 0 Å². The first-order valence-electron chi connectivity index (χ1n) is 4.02. The Morgan fingerprint density at radius 3 is 2.23 bits per heavy atom. The molecule has 0 atom stereocenters. The summed E-state index contributed by atoms with van der Waals surface area (Å²) in [5.41, 5.74) is 19.2. The zero-order valence-corrected chi connectivity index (χ0v) is 7.12. The van der Waals surface area contributed by atoms with Gasteiger partial charge >= 0.3 is 0 Å². The van der Waals surface area contributed by atoms with Crippen molar-refractivity contribution in [1.82, 2.24) is 0 Å². The number of hydrogen-bond donors (Lipinski definition) is 3. The van der Waals surface area contributed by atoms with Gasteiger partial charge in [-0.1, -0.05) is 18.2 Å². The quantitative estimate of drug-likeness (QED) is 0.529. The first-order valence-corrected chi connectivity index (χ1v) is 4.02. The van der Waals surface area contributed by atoms with Crippen LogP contribution in [0.1, 0.15) is 0 Å². The first-order chi connectivity index (χ1) is 6.20. The predicted octanol–water partition coefficient (Wildman–Crippen LogP) is 1.59. The van der Waals surface area contributed by atoms with E-state index in [9.17, 15) is 0 Å². The summed E-state index contributed by atoms with van der Waals surface area (Å²) in [6.07, 6.45) is 0. The van der Waals surface area contributed by atoms with Gasteiger partial charge in [0, 0.05) is 16.5 Å². The van der Waals surface area contributed by atoms with Crippen LogP contribution in [-0.4, -0.2) is 0 Å². The van der Waals surface area contributed by atoms with Crippen LogP contribution in [0.15, 0.2) is 30.3 Å². The van der Waals surface area contributed by atoms with Crippen LogP contribution in [0, 0.1) is 0 Å². The van der Waals surface area contributed by atoms with Crippen LogP contribution in [0.5, 0.6) is 0 Å². The highest BCUT2D eigenvalue weighted by Crippen LogP contribution is 2.29. The molecule has 3 nitrogen and oxygen atoms in total. The van der Waals surface area contributed by atoms with Gasteiger partial charge in [0.25, 0.3) is 0 Å². The van der Waals surface area contributed by atoms with Crippen LogP contribution in [0.2, 0.25) is 0 Å². The molecular formula is C10H11N3. The fourth-order valence-electron chi connectivity index (χ4n) is 1.42. The van der Waals surface area contributed by atoms with Crippen molar-refractivity contribution in [3.63, 3.8) is 0 Å². The Bertz CT molecular complexity index is 463. The van der Waals surface area contributed by atoms with Crippen molar-refractivity contribution in [3.8, 4) is 0 Å². The lowest BCUT2D eigenvalue weighted by Gasteiger charge is -2.06. The van der Waals surface area contributed by atoms with Gasteiger partial charge in [-0.2, -0.15) is 0 Å². The fraction of sp³-hybridized carbons (Fsp3) is 0. The monoisotopic (exact) mass is 173 g/mol. The van der Waals surface area contributed by atoms with E-state index >= 15 is 0 Å². The van der Waals surface area contributed by atoms with Crippen LogP contribution in [0.3, 0.4) is 0 Å². The molecule has 0 aromatic heterocycles. The molecule has 3 heteroatoms. The van der Waals surface area contributed by atoms with Gasteiger partial charge in [-0.3, -0.25) is 0 Å². The van der Waals surface area contributed by atoms with Gasteiger partial charge in [-0.05, 0) is 12.1 Å². The van der Waals surface area contributed by atoms with E-state index in [-0.39, 0.29) is 0 Å². The maximum atomic E-state index is 5.81. The summed E-state index contributed by atoms with van der Waals surface area (Å²) in [6.45, 7) is 0. The van der Waals surface area contributed by atoms with E-state index < -0.39 is 0 Å². The lowest BCUT2D eigenvalue weighted by molar-refractivity contribution is 1.69. The Balaban J connectivity index is 2.94. The molecule has 13 heavy (non-hydrogen) atoms. The summed E-state index contributed by atoms with van der Waals surface area (Å²) in [4.78, 5) is 0. The molecule has 0 aliphatic rings. The summed E-state index contributed by atoms with van der Waals surface area (Å²) < 4.78 is 0. The Kier molecular flexibility index (Phi) is 1.52. The minimum atomic E-state index is 0.595. The zero-order chi connectivity index (χ0) is 9.42. The highest BCUT2D eigenvalue weighted by molar-refractivity contribution is 6.03. The smallest absolute Gasteiger partial charge is 0.0628 e. The zero-order valence-electron chi connectivity index (χ0n) is 7.12. The summed E-state index contributed by atoms with van der Waals surface area (Å²) in [5, 5.41) is 1.87. The molecule has 0 saturated carbocycles. The molecule has 0 heterocycles. The number of fused-ring (bicyclic) bond motifs is 1. The molecule has 0 fully saturated rings. The number of anilines is 3. The summed E-state index contributed by atoms with van der Waals surface area (Å²) in [7, 11) is 0. The van der Waals surface area contributed by atoms with Gasteiger partial charge in [-0.25, -0.2) is 0 Å². The highest BCUT2D eigenvalue weighted by Gasteiger charge is 2.02. The number of rotatable bonds is 0. The number of nitrogens with two attached hydrogens (primary N) is 3. The molecule has 0 unspecified atom stereocenters. The minimum absolute atomic E-state index is 0.595. The molecule has 2 aromatic carbocycles. The lowest BCUT2D eigenvalue weighted by Crippen LogP contribution is -1.96. The van der Waals surface area contributed by atoms with E-state index in [0.717, 1.165) is 16.5 Å².